The third kappa shape index (κ3) is 3.22. The van der Waals surface area contributed by atoms with Gasteiger partial charge in [-0.3, -0.25) is 0 Å². The van der Waals surface area contributed by atoms with Crippen LogP contribution >= 0.6 is 11.6 Å². The van der Waals surface area contributed by atoms with E-state index in [-0.39, 0.29) is 0 Å². The molecule has 0 aromatic heterocycles. The van der Waals surface area contributed by atoms with Crippen LogP contribution in [0.3, 0.4) is 0 Å². The topological polar surface area (TPSA) is 15.3 Å². The maximum Gasteiger partial charge on any atom is 0.0438 e. The van der Waals surface area contributed by atoms with Gasteiger partial charge in [0.25, 0.3) is 0 Å². The molecule has 2 nitrogen and oxygen atoms in total. The van der Waals surface area contributed by atoms with Crippen molar-refractivity contribution in [2.45, 2.75) is 57.5 Å². The Hall–Kier alpha value is -0.730. The van der Waals surface area contributed by atoms with Crippen LogP contribution in [-0.4, -0.2) is 24.7 Å². The van der Waals surface area contributed by atoms with Gasteiger partial charge in [-0.1, -0.05) is 44.7 Å². The lowest BCUT2D eigenvalue weighted by Gasteiger charge is -2.51. The molecule has 2 aliphatic rings. The molecule has 2 fully saturated rings. The summed E-state index contributed by atoms with van der Waals surface area (Å²) in [6.07, 6.45) is 6.78. The first kappa shape index (κ1) is 15.2. The Morgan fingerprint density at radius 1 is 1.14 bits per heavy atom. The number of anilines is 1. The molecular weight excluding hydrogens is 280 g/mol. The Bertz CT molecular complexity index is 463. The largest absolute Gasteiger partial charge is 0.365 e. The van der Waals surface area contributed by atoms with Crippen LogP contribution in [0.4, 0.5) is 5.69 Å². The fourth-order valence-corrected chi connectivity index (χ4v) is 4.13. The first-order valence-corrected chi connectivity index (χ1v) is 8.75. The summed E-state index contributed by atoms with van der Waals surface area (Å²) in [5.41, 5.74) is 1.66. The van der Waals surface area contributed by atoms with Gasteiger partial charge in [-0.15, -0.1) is 0 Å². The molecule has 1 unspecified atom stereocenters. The molecule has 0 amide bonds. The molecular formula is C18H27ClN2. The minimum Gasteiger partial charge on any atom is -0.365 e. The summed E-state index contributed by atoms with van der Waals surface area (Å²) >= 11 is 6.06. The van der Waals surface area contributed by atoms with Gasteiger partial charge in [0.05, 0.1) is 0 Å². The number of hydrogen-bond acceptors (Lipinski definition) is 2. The molecule has 21 heavy (non-hydrogen) atoms. The maximum atomic E-state index is 6.06. The standard InChI is InChI=1S/C18H27ClN2/c1-14(2)17-12-20-18(10-4-3-5-11-18)13-21(17)16-8-6-15(19)7-9-16/h6-9,14,17,20H,3-5,10-13H2,1-2H3. The molecule has 3 heteroatoms. The number of rotatable bonds is 2. The van der Waals surface area contributed by atoms with Crippen molar-refractivity contribution in [1.82, 2.24) is 5.32 Å². The lowest BCUT2D eigenvalue weighted by atomic mass is 9.78. The summed E-state index contributed by atoms with van der Waals surface area (Å²) in [6.45, 7) is 6.89. The van der Waals surface area contributed by atoms with Crippen molar-refractivity contribution in [3.8, 4) is 0 Å². The van der Waals surface area contributed by atoms with Crippen molar-refractivity contribution < 1.29 is 0 Å². The number of nitrogens with one attached hydrogen (secondary N) is 1. The van der Waals surface area contributed by atoms with Gasteiger partial charge in [0.2, 0.25) is 0 Å². The molecule has 0 bridgehead atoms. The van der Waals surface area contributed by atoms with Crippen molar-refractivity contribution in [3.63, 3.8) is 0 Å². The van der Waals surface area contributed by atoms with Crippen LogP contribution in [0, 0.1) is 5.92 Å². The molecule has 1 aliphatic heterocycles. The second kappa shape index (κ2) is 6.18. The van der Waals surface area contributed by atoms with Gasteiger partial charge in [0, 0.05) is 35.4 Å². The molecule has 116 valence electrons. The van der Waals surface area contributed by atoms with Gasteiger partial charge in [0.15, 0.2) is 0 Å². The molecule has 1 spiro atoms. The molecule has 1 aliphatic carbocycles. The molecule has 0 radical (unpaired) electrons. The van der Waals surface area contributed by atoms with Crippen LogP contribution in [0.15, 0.2) is 24.3 Å². The lowest BCUT2D eigenvalue weighted by molar-refractivity contribution is 0.184. The highest BCUT2D eigenvalue weighted by atomic mass is 35.5. The maximum absolute atomic E-state index is 6.06. The second-order valence-electron chi connectivity index (χ2n) is 7.14. The fraction of sp³-hybridized carbons (Fsp3) is 0.667. The minimum atomic E-state index is 0.337. The predicted molar refractivity (Wildman–Crippen MR) is 91.2 cm³/mol. The number of benzene rings is 1. The minimum absolute atomic E-state index is 0.337. The van der Waals surface area contributed by atoms with E-state index >= 15 is 0 Å². The van der Waals surface area contributed by atoms with Crippen LogP contribution < -0.4 is 10.2 Å². The third-order valence-corrected chi connectivity index (χ3v) is 5.55. The SMILES string of the molecule is CC(C)C1CNC2(CCCCC2)CN1c1ccc(Cl)cc1. The van der Waals surface area contributed by atoms with E-state index in [9.17, 15) is 0 Å². The van der Waals surface area contributed by atoms with E-state index in [1.165, 1.54) is 37.8 Å². The van der Waals surface area contributed by atoms with E-state index in [1.807, 2.05) is 12.1 Å². The Balaban J connectivity index is 1.85. The van der Waals surface area contributed by atoms with Gasteiger partial charge in [-0.05, 0) is 43.0 Å². The monoisotopic (exact) mass is 306 g/mol. The number of hydrogen-bond donors (Lipinski definition) is 1. The molecule has 1 N–H and O–H groups in total. The van der Waals surface area contributed by atoms with E-state index in [2.05, 4.69) is 36.2 Å². The zero-order chi connectivity index (χ0) is 14.9. The summed E-state index contributed by atoms with van der Waals surface area (Å²) in [5, 5.41) is 4.73. The van der Waals surface area contributed by atoms with E-state index < -0.39 is 0 Å². The average Bonchev–Trinajstić information content (AvgIpc) is 2.48. The molecule has 1 atom stereocenters. The van der Waals surface area contributed by atoms with Crippen molar-refractivity contribution in [1.29, 1.82) is 0 Å². The molecule has 1 saturated carbocycles. The van der Waals surface area contributed by atoms with E-state index in [0.29, 0.717) is 17.5 Å². The van der Waals surface area contributed by atoms with E-state index in [0.717, 1.165) is 18.1 Å². The molecule has 1 aromatic rings. The zero-order valence-corrected chi connectivity index (χ0v) is 14.0. The van der Waals surface area contributed by atoms with Crippen molar-refractivity contribution in [3.05, 3.63) is 29.3 Å². The molecule has 1 heterocycles. The zero-order valence-electron chi connectivity index (χ0n) is 13.2. The second-order valence-corrected chi connectivity index (χ2v) is 7.57. The van der Waals surface area contributed by atoms with Crippen LogP contribution in [0.1, 0.15) is 46.0 Å². The summed E-state index contributed by atoms with van der Waals surface area (Å²) in [7, 11) is 0. The number of piperazine rings is 1. The predicted octanol–water partition coefficient (Wildman–Crippen LogP) is 4.48. The fourth-order valence-electron chi connectivity index (χ4n) is 4.00. The first-order valence-electron chi connectivity index (χ1n) is 8.37. The van der Waals surface area contributed by atoms with Gasteiger partial charge in [-0.25, -0.2) is 0 Å². The number of nitrogens with zero attached hydrogens (tertiary/aromatic N) is 1. The highest BCUT2D eigenvalue weighted by Crippen LogP contribution is 2.35. The van der Waals surface area contributed by atoms with Crippen molar-refractivity contribution in [2.75, 3.05) is 18.0 Å². The Morgan fingerprint density at radius 2 is 1.81 bits per heavy atom. The normalized spacial score (nSPS) is 25.5. The highest BCUT2D eigenvalue weighted by Gasteiger charge is 2.40. The number of halogens is 1. The van der Waals surface area contributed by atoms with Crippen LogP contribution in [0.2, 0.25) is 5.02 Å². The quantitative estimate of drug-likeness (QED) is 0.867. The van der Waals surface area contributed by atoms with Crippen molar-refractivity contribution >= 4 is 17.3 Å². The van der Waals surface area contributed by atoms with Gasteiger partial charge in [0.1, 0.15) is 0 Å². The van der Waals surface area contributed by atoms with Gasteiger partial charge in [-0.2, -0.15) is 0 Å². The molecule has 1 saturated heterocycles. The molecule has 1 aromatic carbocycles. The lowest BCUT2D eigenvalue weighted by Crippen LogP contribution is -2.66. The highest BCUT2D eigenvalue weighted by molar-refractivity contribution is 6.30. The van der Waals surface area contributed by atoms with Gasteiger partial charge >= 0.3 is 0 Å². The first-order chi connectivity index (χ1) is 10.1. The van der Waals surface area contributed by atoms with Gasteiger partial charge < -0.3 is 10.2 Å². The third-order valence-electron chi connectivity index (χ3n) is 5.30. The average molecular weight is 307 g/mol. The Labute approximate surface area is 133 Å². The summed E-state index contributed by atoms with van der Waals surface area (Å²) < 4.78 is 0. The molecule has 3 rings (SSSR count). The van der Waals surface area contributed by atoms with E-state index in [1.54, 1.807) is 0 Å². The Morgan fingerprint density at radius 3 is 2.43 bits per heavy atom. The van der Waals surface area contributed by atoms with Crippen LogP contribution in [0.25, 0.3) is 0 Å². The van der Waals surface area contributed by atoms with Crippen LogP contribution in [0.5, 0.6) is 0 Å². The summed E-state index contributed by atoms with van der Waals surface area (Å²) in [6, 6.07) is 8.96. The smallest absolute Gasteiger partial charge is 0.0438 e. The summed E-state index contributed by atoms with van der Waals surface area (Å²) in [5.74, 6) is 0.647. The van der Waals surface area contributed by atoms with Crippen molar-refractivity contribution in [2.24, 2.45) is 5.92 Å². The van der Waals surface area contributed by atoms with E-state index in [4.69, 9.17) is 11.6 Å². The Kier molecular flexibility index (Phi) is 4.46. The summed E-state index contributed by atoms with van der Waals surface area (Å²) in [4.78, 5) is 2.63. The van der Waals surface area contributed by atoms with Crippen LogP contribution in [-0.2, 0) is 0 Å².